The van der Waals surface area contributed by atoms with E-state index in [0.29, 0.717) is 11.9 Å². The van der Waals surface area contributed by atoms with Crippen LogP contribution in [0.3, 0.4) is 0 Å². The quantitative estimate of drug-likeness (QED) is 0.485. The Morgan fingerprint density at radius 2 is 2.18 bits per heavy atom. The minimum atomic E-state index is 0.341. The number of amides is 1. The van der Waals surface area contributed by atoms with Crippen LogP contribution in [-0.2, 0) is 4.79 Å². The van der Waals surface area contributed by atoms with Gasteiger partial charge >= 0.3 is 0 Å². The van der Waals surface area contributed by atoms with E-state index in [0.717, 1.165) is 18.8 Å². The van der Waals surface area contributed by atoms with Crippen LogP contribution in [0.25, 0.3) is 0 Å². The van der Waals surface area contributed by atoms with Crippen LogP contribution in [0, 0.1) is 5.92 Å². The van der Waals surface area contributed by atoms with Gasteiger partial charge in [-0.3, -0.25) is 7.91 Å². The number of piperidine rings is 1. The van der Waals surface area contributed by atoms with Crippen molar-refractivity contribution in [1.29, 1.82) is 0 Å². The summed E-state index contributed by atoms with van der Waals surface area (Å²) in [4.78, 5) is 11.3. The largest absolute Gasteiger partial charge is 0.282 e. The van der Waals surface area contributed by atoms with Gasteiger partial charge < -0.3 is 0 Å². The zero-order valence-corrected chi connectivity index (χ0v) is 8.58. The molecular weight excluding hydrogens is 253 g/mol. The maximum atomic E-state index is 11.3. The lowest BCUT2D eigenvalue weighted by atomic mass is 9.94. The van der Waals surface area contributed by atoms with Crippen LogP contribution in [0.15, 0.2) is 0 Å². The van der Waals surface area contributed by atoms with Crippen molar-refractivity contribution in [3.63, 3.8) is 0 Å². The third-order valence-corrected chi connectivity index (χ3v) is 4.13. The molecule has 0 aromatic heterocycles. The number of hydrogen-bond acceptors (Lipinski definition) is 1. The van der Waals surface area contributed by atoms with Gasteiger partial charge in [0, 0.05) is 12.5 Å². The first kappa shape index (κ1) is 7.83. The highest BCUT2D eigenvalue weighted by molar-refractivity contribution is 14.1. The Labute approximate surface area is 80.8 Å². The Hall–Kier alpha value is 0.200. The Bertz CT molecular complexity index is 183. The van der Waals surface area contributed by atoms with Crippen molar-refractivity contribution in [1.82, 2.24) is 3.11 Å². The molecule has 2 atom stereocenters. The number of nitrogens with zero attached hydrogens (tertiary/aromatic N) is 1. The average Bonchev–Trinajstić information content (AvgIpc) is 2.45. The number of halogens is 1. The van der Waals surface area contributed by atoms with Crippen LogP contribution in [0.2, 0.25) is 0 Å². The van der Waals surface area contributed by atoms with Crippen molar-refractivity contribution in [2.75, 3.05) is 0 Å². The van der Waals surface area contributed by atoms with Gasteiger partial charge in [-0.05, 0) is 25.2 Å². The highest BCUT2D eigenvalue weighted by atomic mass is 127. The summed E-state index contributed by atoms with van der Waals surface area (Å²) >= 11 is 2.18. The van der Waals surface area contributed by atoms with Crippen LogP contribution in [0.5, 0.6) is 0 Å². The van der Waals surface area contributed by atoms with Crippen molar-refractivity contribution in [3.8, 4) is 0 Å². The Morgan fingerprint density at radius 3 is 3.00 bits per heavy atom. The Kier molecular flexibility index (Phi) is 2.08. The predicted molar refractivity (Wildman–Crippen MR) is 51.2 cm³/mol. The molecule has 2 fully saturated rings. The van der Waals surface area contributed by atoms with Crippen molar-refractivity contribution >= 4 is 28.8 Å². The first-order chi connectivity index (χ1) is 5.29. The van der Waals surface area contributed by atoms with E-state index in [2.05, 4.69) is 22.9 Å². The summed E-state index contributed by atoms with van der Waals surface area (Å²) in [7, 11) is 0. The Morgan fingerprint density at radius 1 is 1.36 bits per heavy atom. The lowest BCUT2D eigenvalue weighted by molar-refractivity contribution is -0.129. The molecule has 1 aliphatic carbocycles. The van der Waals surface area contributed by atoms with E-state index in [1.165, 1.54) is 19.3 Å². The molecule has 2 unspecified atom stereocenters. The maximum Gasteiger partial charge on any atom is 0.231 e. The minimum Gasteiger partial charge on any atom is -0.282 e. The molecule has 0 aromatic carbocycles. The molecule has 2 aliphatic rings. The molecule has 1 saturated carbocycles. The standard InChI is InChI=1S/C8H12INO/c9-10-7-3-1-2-6(7)4-5-8(10)11/h6-7H,1-5H2. The summed E-state index contributed by atoms with van der Waals surface area (Å²) in [5.41, 5.74) is 0. The monoisotopic (exact) mass is 265 g/mol. The predicted octanol–water partition coefficient (Wildman–Crippen LogP) is 2.13. The highest BCUT2D eigenvalue weighted by Gasteiger charge is 2.37. The summed E-state index contributed by atoms with van der Waals surface area (Å²) in [6.45, 7) is 0. The molecule has 1 saturated heterocycles. The van der Waals surface area contributed by atoms with Gasteiger partial charge in [0.25, 0.3) is 0 Å². The Balaban J connectivity index is 2.11. The van der Waals surface area contributed by atoms with Crippen LogP contribution < -0.4 is 0 Å². The molecule has 1 aliphatic heterocycles. The van der Waals surface area contributed by atoms with E-state index in [1.807, 2.05) is 3.11 Å². The first-order valence-electron chi connectivity index (χ1n) is 4.27. The molecule has 2 nitrogen and oxygen atoms in total. The normalized spacial score (nSPS) is 37.5. The zero-order valence-electron chi connectivity index (χ0n) is 6.42. The number of carbonyl (C=O) groups is 1. The smallest absolute Gasteiger partial charge is 0.231 e. The van der Waals surface area contributed by atoms with Crippen molar-refractivity contribution in [3.05, 3.63) is 0 Å². The molecule has 0 spiro atoms. The molecule has 3 heteroatoms. The molecule has 1 amide bonds. The van der Waals surface area contributed by atoms with Crippen molar-refractivity contribution in [2.45, 2.75) is 38.1 Å². The van der Waals surface area contributed by atoms with Gasteiger partial charge in [0.2, 0.25) is 5.91 Å². The summed E-state index contributed by atoms with van der Waals surface area (Å²) in [6.07, 6.45) is 5.83. The van der Waals surface area contributed by atoms with Crippen LogP contribution in [0.4, 0.5) is 0 Å². The van der Waals surface area contributed by atoms with Crippen LogP contribution >= 0.6 is 22.9 Å². The van der Waals surface area contributed by atoms with E-state index >= 15 is 0 Å². The first-order valence-corrected chi connectivity index (χ1v) is 5.23. The second kappa shape index (κ2) is 2.92. The van der Waals surface area contributed by atoms with Gasteiger partial charge in [0.1, 0.15) is 0 Å². The second-order valence-corrected chi connectivity index (χ2v) is 4.54. The average molecular weight is 265 g/mol. The van der Waals surface area contributed by atoms with E-state index in [4.69, 9.17) is 0 Å². The number of fused-ring (bicyclic) bond motifs is 1. The lowest BCUT2D eigenvalue weighted by Crippen LogP contribution is -2.39. The lowest BCUT2D eigenvalue weighted by Gasteiger charge is -2.32. The SMILES string of the molecule is O=C1CCC2CCCC2N1I. The minimum absolute atomic E-state index is 0.341. The summed E-state index contributed by atoms with van der Waals surface area (Å²) in [5.74, 6) is 1.17. The fourth-order valence-corrected chi connectivity index (χ4v) is 3.23. The van der Waals surface area contributed by atoms with Gasteiger partial charge in [-0.25, -0.2) is 0 Å². The molecule has 0 bridgehead atoms. The second-order valence-electron chi connectivity index (χ2n) is 3.50. The fourth-order valence-electron chi connectivity index (χ4n) is 2.25. The number of carbonyl (C=O) groups excluding carboxylic acids is 1. The van der Waals surface area contributed by atoms with Crippen molar-refractivity contribution in [2.24, 2.45) is 5.92 Å². The van der Waals surface area contributed by atoms with Gasteiger partial charge in [-0.1, -0.05) is 6.42 Å². The summed E-state index contributed by atoms with van der Waals surface area (Å²) in [6, 6.07) is 0.580. The molecule has 1 heterocycles. The topological polar surface area (TPSA) is 20.3 Å². The molecule has 0 N–H and O–H groups in total. The zero-order chi connectivity index (χ0) is 7.84. The van der Waals surface area contributed by atoms with E-state index < -0.39 is 0 Å². The van der Waals surface area contributed by atoms with Gasteiger partial charge in [0.05, 0.1) is 22.9 Å². The fraction of sp³-hybridized carbons (Fsp3) is 0.875. The van der Waals surface area contributed by atoms with E-state index in [1.54, 1.807) is 0 Å². The van der Waals surface area contributed by atoms with Gasteiger partial charge in [0.15, 0.2) is 0 Å². The molecule has 2 rings (SSSR count). The highest BCUT2D eigenvalue weighted by Crippen LogP contribution is 2.38. The van der Waals surface area contributed by atoms with E-state index in [-0.39, 0.29) is 0 Å². The third-order valence-electron chi connectivity index (χ3n) is 2.88. The molecule has 62 valence electrons. The maximum absolute atomic E-state index is 11.3. The molecule has 0 radical (unpaired) electrons. The number of hydrogen-bond donors (Lipinski definition) is 0. The molecule has 11 heavy (non-hydrogen) atoms. The third kappa shape index (κ3) is 1.27. The summed E-state index contributed by atoms with van der Waals surface area (Å²) < 4.78 is 1.94. The van der Waals surface area contributed by atoms with Crippen LogP contribution in [0.1, 0.15) is 32.1 Å². The van der Waals surface area contributed by atoms with E-state index in [9.17, 15) is 4.79 Å². The molecular formula is C8H12INO. The van der Waals surface area contributed by atoms with Crippen LogP contribution in [-0.4, -0.2) is 15.1 Å². The van der Waals surface area contributed by atoms with Gasteiger partial charge in [-0.15, -0.1) is 0 Å². The van der Waals surface area contributed by atoms with Gasteiger partial charge in [-0.2, -0.15) is 0 Å². The summed E-state index contributed by atoms with van der Waals surface area (Å²) in [5, 5.41) is 0. The number of rotatable bonds is 0. The molecule has 0 aromatic rings. The van der Waals surface area contributed by atoms with Crippen molar-refractivity contribution < 1.29 is 4.79 Å².